The summed E-state index contributed by atoms with van der Waals surface area (Å²) in [6.07, 6.45) is 3.04. The van der Waals surface area contributed by atoms with E-state index in [-0.39, 0.29) is 41.5 Å². The highest BCUT2D eigenvalue weighted by Crippen LogP contribution is 2.31. The number of carbonyl (C=O) groups is 2. The van der Waals surface area contributed by atoms with Crippen molar-refractivity contribution in [3.63, 3.8) is 0 Å². The van der Waals surface area contributed by atoms with Gasteiger partial charge < -0.3 is 10.2 Å². The summed E-state index contributed by atoms with van der Waals surface area (Å²) in [4.78, 5) is 38.2. The van der Waals surface area contributed by atoms with Crippen molar-refractivity contribution in [2.45, 2.75) is 25.3 Å². The van der Waals surface area contributed by atoms with Gasteiger partial charge in [0.15, 0.2) is 11.7 Å². The first-order chi connectivity index (χ1) is 11.8. The molecule has 3 heterocycles. The van der Waals surface area contributed by atoms with Gasteiger partial charge in [0, 0.05) is 19.7 Å². The molecule has 1 aliphatic heterocycles. The molecule has 0 aromatic carbocycles. The Morgan fingerprint density at radius 2 is 2.28 bits per heavy atom. The Hall–Kier alpha value is -2.74. The quantitative estimate of drug-likeness (QED) is 0.826. The number of Topliss-reactive ketones (excluding diaryl/α,β-unsaturated/α-hetero) is 1. The number of hydrogen-bond donors (Lipinski definition) is 1. The number of aliphatic imine (C=N–C) groups is 1. The summed E-state index contributed by atoms with van der Waals surface area (Å²) in [5, 5.41) is -0.0825. The smallest absolute Gasteiger partial charge is 0.292 e. The van der Waals surface area contributed by atoms with Gasteiger partial charge >= 0.3 is 0 Å². The molecule has 0 spiro atoms. The molecule has 0 bridgehead atoms. The molecule has 3 rings (SSSR count). The number of hydrogen-bond acceptors (Lipinski definition) is 7. The van der Waals surface area contributed by atoms with Crippen molar-refractivity contribution in [2.24, 2.45) is 10.7 Å². The van der Waals surface area contributed by atoms with Crippen LogP contribution >= 0.6 is 11.6 Å². The van der Waals surface area contributed by atoms with Crippen LogP contribution in [-0.4, -0.2) is 39.6 Å². The maximum atomic E-state index is 12.2. The van der Waals surface area contributed by atoms with Gasteiger partial charge in [0.25, 0.3) is 5.35 Å². The van der Waals surface area contributed by atoms with Crippen LogP contribution in [0.3, 0.4) is 0 Å². The Balaban J connectivity index is 1.87. The third-order valence-electron chi connectivity index (χ3n) is 4.08. The Labute approximate surface area is 148 Å². The Morgan fingerprint density at radius 1 is 1.52 bits per heavy atom. The zero-order valence-corrected chi connectivity index (χ0v) is 14.4. The largest absolute Gasteiger partial charge is 0.435 e. The molecule has 0 saturated carbocycles. The molecule has 130 valence electrons. The van der Waals surface area contributed by atoms with Crippen LogP contribution in [-0.2, 0) is 16.8 Å². The number of oxazole rings is 1. The molecule has 0 radical (unpaired) electrons. The van der Waals surface area contributed by atoms with E-state index in [0.717, 1.165) is 5.56 Å². The van der Waals surface area contributed by atoms with Crippen molar-refractivity contribution in [2.75, 3.05) is 7.05 Å². The van der Waals surface area contributed by atoms with Crippen molar-refractivity contribution >= 4 is 29.3 Å². The normalized spacial score (nSPS) is 20.5. The molecule has 9 heteroatoms. The molecule has 2 aromatic rings. The summed E-state index contributed by atoms with van der Waals surface area (Å²) < 4.78 is 4.84. The lowest BCUT2D eigenvalue weighted by atomic mass is 9.90. The van der Waals surface area contributed by atoms with Crippen LogP contribution in [0, 0.1) is 0 Å². The molecule has 1 amide bonds. The van der Waals surface area contributed by atoms with Gasteiger partial charge in [-0.15, -0.1) is 0 Å². The standard InChI is InChI=1S/C16H16ClN5O3/c1-16(7-13(24)22(2)15(18)21-16)12-6-9(3-4-19-12)5-11(23)10-8-25-14(17)20-10/h3-4,6,8H,5,7H2,1-2H3,(H2,18,21). The van der Waals surface area contributed by atoms with E-state index >= 15 is 0 Å². The number of nitrogens with two attached hydrogens (primary N) is 1. The van der Waals surface area contributed by atoms with Crippen LogP contribution in [0.15, 0.2) is 34.0 Å². The molecule has 2 aromatic heterocycles. The average Bonchev–Trinajstić information content (AvgIpc) is 2.99. The van der Waals surface area contributed by atoms with Gasteiger partial charge in [0.2, 0.25) is 5.91 Å². The number of pyridine rings is 1. The second kappa shape index (κ2) is 6.29. The summed E-state index contributed by atoms with van der Waals surface area (Å²) in [6.45, 7) is 1.79. The van der Waals surface area contributed by atoms with Gasteiger partial charge in [-0.3, -0.25) is 19.5 Å². The van der Waals surface area contributed by atoms with Gasteiger partial charge in [-0.2, -0.15) is 4.98 Å². The van der Waals surface area contributed by atoms with Crippen LogP contribution < -0.4 is 5.73 Å². The average molecular weight is 362 g/mol. The van der Waals surface area contributed by atoms with Gasteiger partial charge in [-0.1, -0.05) is 0 Å². The monoisotopic (exact) mass is 361 g/mol. The Morgan fingerprint density at radius 3 is 2.92 bits per heavy atom. The number of halogens is 1. The molecule has 1 atom stereocenters. The highest BCUT2D eigenvalue weighted by molar-refractivity contribution is 6.27. The maximum absolute atomic E-state index is 12.2. The fraction of sp³-hybridized carbons (Fsp3) is 0.312. The molecule has 2 N–H and O–H groups in total. The third kappa shape index (κ3) is 3.39. The van der Waals surface area contributed by atoms with Crippen LogP contribution in [0.5, 0.6) is 0 Å². The number of amides is 1. The summed E-state index contributed by atoms with van der Waals surface area (Å²) in [5.41, 5.74) is 6.40. The van der Waals surface area contributed by atoms with E-state index in [1.807, 2.05) is 0 Å². The predicted octanol–water partition coefficient (Wildman–Crippen LogP) is 1.54. The highest BCUT2D eigenvalue weighted by atomic mass is 35.5. The van der Waals surface area contributed by atoms with E-state index in [1.165, 1.54) is 11.2 Å². The van der Waals surface area contributed by atoms with Gasteiger partial charge in [0.05, 0.1) is 12.1 Å². The molecule has 0 aliphatic carbocycles. The lowest BCUT2D eigenvalue weighted by Gasteiger charge is -2.32. The van der Waals surface area contributed by atoms with E-state index < -0.39 is 5.54 Å². The number of ketones is 1. The fourth-order valence-electron chi connectivity index (χ4n) is 2.59. The number of guanidine groups is 1. The first-order valence-electron chi connectivity index (χ1n) is 7.50. The first kappa shape index (κ1) is 17.1. The van der Waals surface area contributed by atoms with Crippen molar-refractivity contribution in [1.29, 1.82) is 0 Å². The van der Waals surface area contributed by atoms with Crippen LogP contribution in [0.2, 0.25) is 5.35 Å². The van der Waals surface area contributed by atoms with E-state index in [1.54, 1.807) is 32.3 Å². The van der Waals surface area contributed by atoms with E-state index in [2.05, 4.69) is 15.0 Å². The lowest BCUT2D eigenvalue weighted by Crippen LogP contribution is -2.47. The van der Waals surface area contributed by atoms with Crippen LogP contribution in [0.1, 0.15) is 35.1 Å². The SMILES string of the molecule is CN1C(=O)CC(C)(c2cc(CC(=O)c3coc(Cl)n3)ccn2)N=C1N. The van der Waals surface area contributed by atoms with Crippen LogP contribution in [0.25, 0.3) is 0 Å². The fourth-order valence-corrected chi connectivity index (χ4v) is 2.73. The summed E-state index contributed by atoms with van der Waals surface area (Å²) in [7, 11) is 1.58. The van der Waals surface area contributed by atoms with Crippen molar-refractivity contribution in [1.82, 2.24) is 14.9 Å². The molecule has 1 aliphatic rings. The Kier molecular flexibility index (Phi) is 4.30. The third-order valence-corrected chi connectivity index (χ3v) is 4.25. The Bertz CT molecular complexity index is 878. The minimum atomic E-state index is -0.871. The second-order valence-corrected chi connectivity index (χ2v) is 6.33. The minimum absolute atomic E-state index is 0.0825. The predicted molar refractivity (Wildman–Crippen MR) is 90.1 cm³/mol. The van der Waals surface area contributed by atoms with E-state index in [0.29, 0.717) is 5.69 Å². The molecule has 1 unspecified atom stereocenters. The van der Waals surface area contributed by atoms with Gasteiger partial charge in [-0.05, 0) is 36.2 Å². The van der Waals surface area contributed by atoms with Gasteiger partial charge in [0.1, 0.15) is 17.5 Å². The van der Waals surface area contributed by atoms with Crippen molar-refractivity contribution < 1.29 is 14.0 Å². The number of nitrogens with zero attached hydrogens (tertiary/aromatic N) is 4. The van der Waals surface area contributed by atoms with Crippen molar-refractivity contribution in [3.05, 3.63) is 46.9 Å². The second-order valence-electron chi connectivity index (χ2n) is 6.01. The molecule has 8 nitrogen and oxygen atoms in total. The molecule has 0 saturated heterocycles. The van der Waals surface area contributed by atoms with Gasteiger partial charge in [-0.25, -0.2) is 4.99 Å². The molecular formula is C16H16ClN5O3. The zero-order valence-electron chi connectivity index (χ0n) is 13.7. The maximum Gasteiger partial charge on any atom is 0.292 e. The topological polar surface area (TPSA) is 115 Å². The van der Waals surface area contributed by atoms with Crippen molar-refractivity contribution in [3.8, 4) is 0 Å². The van der Waals surface area contributed by atoms with E-state index in [4.69, 9.17) is 21.8 Å². The molecule has 25 heavy (non-hydrogen) atoms. The van der Waals surface area contributed by atoms with E-state index in [9.17, 15) is 9.59 Å². The molecule has 0 fully saturated rings. The summed E-state index contributed by atoms with van der Waals surface area (Å²) in [5.74, 6) is -0.241. The van der Waals surface area contributed by atoms with Crippen LogP contribution in [0.4, 0.5) is 0 Å². The number of rotatable bonds is 4. The lowest BCUT2D eigenvalue weighted by molar-refractivity contribution is -0.128. The molecular weight excluding hydrogens is 346 g/mol. The summed E-state index contributed by atoms with van der Waals surface area (Å²) in [6, 6.07) is 3.46. The minimum Gasteiger partial charge on any atom is -0.435 e. The first-order valence-corrected chi connectivity index (χ1v) is 7.88. The zero-order chi connectivity index (χ0) is 18.2. The summed E-state index contributed by atoms with van der Waals surface area (Å²) >= 11 is 5.59. The number of aromatic nitrogens is 2. The number of carbonyl (C=O) groups excluding carboxylic acids is 2. The highest BCUT2D eigenvalue weighted by Gasteiger charge is 2.37.